The number of hydrogen-bond acceptors (Lipinski definition) is 3. The molecule has 0 unspecified atom stereocenters. The van der Waals surface area contributed by atoms with E-state index in [1.54, 1.807) is 0 Å². The molecule has 1 heterocycles. The highest BCUT2D eigenvalue weighted by Crippen LogP contribution is 2.20. The van der Waals surface area contributed by atoms with Crippen molar-refractivity contribution in [3.05, 3.63) is 66.4 Å². The van der Waals surface area contributed by atoms with Gasteiger partial charge in [0.05, 0.1) is 5.69 Å². The molecule has 90 valence electrons. The molecule has 0 fully saturated rings. The third-order valence-corrected chi connectivity index (χ3v) is 2.75. The molecule has 0 aliphatic heterocycles. The van der Waals surface area contributed by atoms with Crippen LogP contribution in [-0.2, 0) is 0 Å². The predicted molar refractivity (Wildman–Crippen MR) is 71.5 cm³/mol. The molecular formula is C15H10N4. The predicted octanol–water partition coefficient (Wildman–Crippen LogP) is 2.81. The summed E-state index contributed by atoms with van der Waals surface area (Å²) in [4.78, 5) is 1.49. The zero-order valence-corrected chi connectivity index (χ0v) is 10.1. The van der Waals surface area contributed by atoms with Crippen molar-refractivity contribution in [3.8, 4) is 23.0 Å². The van der Waals surface area contributed by atoms with E-state index in [0.29, 0.717) is 11.4 Å². The topological polar surface area (TPSA) is 54.5 Å². The Morgan fingerprint density at radius 1 is 0.842 bits per heavy atom. The van der Waals surface area contributed by atoms with Crippen molar-refractivity contribution in [2.75, 3.05) is 0 Å². The van der Waals surface area contributed by atoms with Crippen molar-refractivity contribution in [2.24, 2.45) is 0 Å². The third-order valence-electron chi connectivity index (χ3n) is 2.75. The second-order valence-electron chi connectivity index (χ2n) is 4.00. The number of nitriles is 1. The van der Waals surface area contributed by atoms with Gasteiger partial charge in [-0.2, -0.15) is 5.26 Å². The summed E-state index contributed by atoms with van der Waals surface area (Å²) in [5.74, 6) is 0. The van der Waals surface area contributed by atoms with E-state index in [-0.39, 0.29) is 0 Å². The lowest BCUT2D eigenvalue weighted by Gasteiger charge is -1.97. The Balaban J connectivity index is 2.13. The van der Waals surface area contributed by atoms with E-state index in [1.807, 2.05) is 60.7 Å². The molecule has 4 nitrogen and oxygen atoms in total. The molecule has 1 aromatic heterocycles. The average Bonchev–Trinajstić information content (AvgIpc) is 2.93. The molecule has 0 aliphatic rings. The van der Waals surface area contributed by atoms with Crippen molar-refractivity contribution in [3.63, 3.8) is 0 Å². The van der Waals surface area contributed by atoms with Crippen LogP contribution in [0.5, 0.6) is 0 Å². The fourth-order valence-electron chi connectivity index (χ4n) is 1.85. The van der Waals surface area contributed by atoms with Gasteiger partial charge in [-0.05, 0) is 12.1 Å². The monoisotopic (exact) mass is 246 g/mol. The largest absolute Gasteiger partial charge is 0.191 e. The van der Waals surface area contributed by atoms with Crippen LogP contribution in [0, 0.1) is 11.3 Å². The van der Waals surface area contributed by atoms with Gasteiger partial charge in [0.2, 0.25) is 0 Å². The number of hydrogen-bond donors (Lipinski definition) is 0. The summed E-state index contributed by atoms with van der Waals surface area (Å²) in [7, 11) is 0. The Morgan fingerprint density at radius 3 is 2.11 bits per heavy atom. The molecule has 3 rings (SSSR count). The van der Waals surface area contributed by atoms with Crippen LogP contribution in [0.2, 0.25) is 0 Å². The number of nitrogens with zero attached hydrogens (tertiary/aromatic N) is 4. The van der Waals surface area contributed by atoms with Crippen molar-refractivity contribution in [2.45, 2.75) is 0 Å². The van der Waals surface area contributed by atoms with Gasteiger partial charge < -0.3 is 0 Å². The summed E-state index contributed by atoms with van der Waals surface area (Å²) in [5.41, 5.74) is 2.66. The van der Waals surface area contributed by atoms with Crippen LogP contribution in [0.3, 0.4) is 0 Å². The lowest BCUT2D eigenvalue weighted by atomic mass is 10.1. The molecule has 0 saturated heterocycles. The second kappa shape index (κ2) is 4.75. The maximum absolute atomic E-state index is 9.17. The minimum atomic E-state index is 0.329. The maximum atomic E-state index is 9.17. The van der Waals surface area contributed by atoms with E-state index < -0.39 is 0 Å². The lowest BCUT2D eigenvalue weighted by molar-refractivity contribution is 0.751. The highest BCUT2D eigenvalue weighted by atomic mass is 15.5. The van der Waals surface area contributed by atoms with Crippen LogP contribution in [0.4, 0.5) is 0 Å². The van der Waals surface area contributed by atoms with Crippen LogP contribution >= 0.6 is 0 Å². The molecular weight excluding hydrogens is 236 g/mol. The Bertz CT molecular complexity index is 724. The fraction of sp³-hybridized carbons (Fsp3) is 0. The molecule has 0 saturated carbocycles. The van der Waals surface area contributed by atoms with E-state index in [4.69, 9.17) is 0 Å². The SMILES string of the molecule is N#Cc1nn(-c2ccccc2)nc1-c1ccccc1. The lowest BCUT2D eigenvalue weighted by Crippen LogP contribution is -1.98. The fourth-order valence-corrected chi connectivity index (χ4v) is 1.85. The van der Waals surface area contributed by atoms with Crippen molar-refractivity contribution < 1.29 is 0 Å². The molecule has 2 aromatic carbocycles. The molecule has 4 heteroatoms. The van der Waals surface area contributed by atoms with E-state index in [1.165, 1.54) is 4.80 Å². The Kier molecular flexibility index (Phi) is 2.79. The zero-order valence-electron chi connectivity index (χ0n) is 10.1. The summed E-state index contributed by atoms with van der Waals surface area (Å²) in [6.07, 6.45) is 0. The van der Waals surface area contributed by atoms with E-state index in [0.717, 1.165) is 11.3 Å². The normalized spacial score (nSPS) is 10.1. The molecule has 0 radical (unpaired) electrons. The molecule has 0 N–H and O–H groups in total. The van der Waals surface area contributed by atoms with Crippen LogP contribution in [0.1, 0.15) is 5.69 Å². The van der Waals surface area contributed by atoms with Gasteiger partial charge in [0.15, 0.2) is 5.69 Å². The maximum Gasteiger partial charge on any atom is 0.191 e. The van der Waals surface area contributed by atoms with Gasteiger partial charge >= 0.3 is 0 Å². The summed E-state index contributed by atoms with van der Waals surface area (Å²) in [6.45, 7) is 0. The van der Waals surface area contributed by atoms with Crippen LogP contribution in [-0.4, -0.2) is 15.0 Å². The average molecular weight is 246 g/mol. The van der Waals surface area contributed by atoms with E-state index in [9.17, 15) is 5.26 Å². The molecule has 0 atom stereocenters. The number of rotatable bonds is 2. The Morgan fingerprint density at radius 2 is 1.47 bits per heavy atom. The minimum Gasteiger partial charge on any atom is -0.191 e. The van der Waals surface area contributed by atoms with E-state index in [2.05, 4.69) is 16.3 Å². The standard InChI is InChI=1S/C15H10N4/c16-11-14-15(12-7-3-1-4-8-12)18-19(17-14)13-9-5-2-6-10-13/h1-10H. The van der Waals surface area contributed by atoms with Crippen LogP contribution in [0.25, 0.3) is 16.9 Å². The van der Waals surface area contributed by atoms with E-state index >= 15 is 0 Å². The van der Waals surface area contributed by atoms with Gasteiger partial charge in [-0.3, -0.25) is 0 Å². The smallest absolute Gasteiger partial charge is 0.191 e. The minimum absolute atomic E-state index is 0.329. The number of para-hydroxylation sites is 1. The van der Waals surface area contributed by atoms with Crippen molar-refractivity contribution in [1.82, 2.24) is 15.0 Å². The molecule has 0 amide bonds. The van der Waals surface area contributed by atoms with Gasteiger partial charge in [0, 0.05) is 5.56 Å². The summed E-state index contributed by atoms with van der Waals surface area (Å²) >= 11 is 0. The first-order valence-corrected chi connectivity index (χ1v) is 5.87. The van der Waals surface area contributed by atoms with Crippen molar-refractivity contribution >= 4 is 0 Å². The number of aromatic nitrogens is 3. The second-order valence-corrected chi connectivity index (χ2v) is 4.00. The molecule has 19 heavy (non-hydrogen) atoms. The van der Waals surface area contributed by atoms with Gasteiger partial charge in [-0.25, -0.2) is 0 Å². The van der Waals surface area contributed by atoms with Crippen LogP contribution in [0.15, 0.2) is 60.7 Å². The number of benzene rings is 2. The molecule has 3 aromatic rings. The summed E-state index contributed by atoms with van der Waals surface area (Å²) < 4.78 is 0. The Hall–Kier alpha value is -2.93. The van der Waals surface area contributed by atoms with Gasteiger partial charge in [-0.15, -0.1) is 15.0 Å². The first-order chi connectivity index (χ1) is 9.38. The molecule has 0 spiro atoms. The van der Waals surface area contributed by atoms with Gasteiger partial charge in [-0.1, -0.05) is 48.5 Å². The van der Waals surface area contributed by atoms with Crippen molar-refractivity contribution in [1.29, 1.82) is 5.26 Å². The first-order valence-electron chi connectivity index (χ1n) is 5.87. The first kappa shape index (κ1) is 11.2. The zero-order chi connectivity index (χ0) is 13.1. The highest BCUT2D eigenvalue weighted by Gasteiger charge is 2.13. The molecule has 0 aliphatic carbocycles. The van der Waals surface area contributed by atoms with Gasteiger partial charge in [0.1, 0.15) is 11.8 Å². The molecule has 0 bridgehead atoms. The highest BCUT2D eigenvalue weighted by molar-refractivity contribution is 5.64. The third kappa shape index (κ3) is 2.09. The summed E-state index contributed by atoms with van der Waals surface area (Å²) in [5, 5.41) is 17.8. The quantitative estimate of drug-likeness (QED) is 0.698. The van der Waals surface area contributed by atoms with Gasteiger partial charge in [0.25, 0.3) is 0 Å². The Labute approximate surface area is 110 Å². The van der Waals surface area contributed by atoms with Crippen LogP contribution < -0.4 is 0 Å². The summed E-state index contributed by atoms with van der Waals surface area (Å²) in [6, 6.07) is 21.2.